The molecule has 0 atom stereocenters. The molecule has 0 spiro atoms. The van der Waals surface area contributed by atoms with Gasteiger partial charge in [-0.05, 0) is 59.7 Å². The number of benzene rings is 3. The van der Waals surface area contributed by atoms with Gasteiger partial charge in [0, 0.05) is 22.2 Å². The molecule has 3 rings (SSSR count). The number of para-hydroxylation sites is 2. The molecule has 0 aliphatic carbocycles. The second kappa shape index (κ2) is 10.4. The maximum absolute atomic E-state index is 12.3. The Balaban J connectivity index is 1.63. The molecule has 0 unspecified atom stereocenters. The molecule has 3 aromatic rings. The lowest BCUT2D eigenvalue weighted by Gasteiger charge is -2.10. The molecular weight excluding hydrogens is 419 g/mol. The summed E-state index contributed by atoms with van der Waals surface area (Å²) in [4.78, 5) is 24.5. The van der Waals surface area contributed by atoms with Crippen LogP contribution < -0.4 is 10.6 Å². The van der Waals surface area contributed by atoms with E-state index in [9.17, 15) is 9.59 Å². The van der Waals surface area contributed by atoms with E-state index >= 15 is 0 Å². The van der Waals surface area contributed by atoms with Crippen LogP contribution in [-0.4, -0.2) is 11.8 Å². The molecule has 0 aliphatic heterocycles. The number of anilines is 2. The van der Waals surface area contributed by atoms with Crippen LogP contribution >= 0.6 is 23.2 Å². The van der Waals surface area contributed by atoms with Crippen molar-refractivity contribution in [2.45, 2.75) is 0 Å². The highest BCUT2D eigenvalue weighted by Crippen LogP contribution is 2.21. The lowest BCUT2D eigenvalue weighted by Crippen LogP contribution is -2.13. The minimum absolute atomic E-state index is 0.316. The van der Waals surface area contributed by atoms with Gasteiger partial charge in [-0.1, -0.05) is 59.6 Å². The number of rotatable bonds is 6. The molecular formula is C24H18Cl2N2O2. The van der Waals surface area contributed by atoms with Crippen LogP contribution in [-0.2, 0) is 9.59 Å². The Morgan fingerprint density at radius 2 is 0.967 bits per heavy atom. The van der Waals surface area contributed by atoms with Crippen molar-refractivity contribution in [1.82, 2.24) is 0 Å². The van der Waals surface area contributed by atoms with Crippen LogP contribution in [0.4, 0.5) is 11.4 Å². The highest BCUT2D eigenvalue weighted by Gasteiger charge is 2.06. The summed E-state index contributed by atoms with van der Waals surface area (Å²) in [7, 11) is 0. The van der Waals surface area contributed by atoms with Gasteiger partial charge in [0.2, 0.25) is 11.8 Å². The third-order valence-electron chi connectivity index (χ3n) is 4.04. The number of amides is 2. The van der Waals surface area contributed by atoms with Crippen molar-refractivity contribution in [3.05, 3.63) is 106 Å². The fourth-order valence-electron chi connectivity index (χ4n) is 2.54. The van der Waals surface area contributed by atoms with Gasteiger partial charge in [0.15, 0.2) is 0 Å². The maximum Gasteiger partial charge on any atom is 0.248 e. The number of carbonyl (C=O) groups is 2. The normalized spacial score (nSPS) is 11.0. The molecule has 3 aromatic carbocycles. The van der Waals surface area contributed by atoms with Crippen LogP contribution in [0.5, 0.6) is 0 Å². The Morgan fingerprint density at radius 3 is 1.33 bits per heavy atom. The first-order valence-corrected chi connectivity index (χ1v) is 9.83. The SMILES string of the molecule is O=C(C=Cc1ccc(Cl)cc1)Nc1ccccc1NC(=O)C=Cc1ccc(Cl)cc1. The summed E-state index contributed by atoms with van der Waals surface area (Å²) >= 11 is 11.7. The molecule has 0 saturated heterocycles. The van der Waals surface area contributed by atoms with Crippen LogP contribution in [0.1, 0.15) is 11.1 Å². The van der Waals surface area contributed by atoms with E-state index in [4.69, 9.17) is 23.2 Å². The molecule has 6 heteroatoms. The van der Waals surface area contributed by atoms with Crippen molar-refractivity contribution < 1.29 is 9.59 Å². The smallest absolute Gasteiger partial charge is 0.248 e. The Morgan fingerprint density at radius 1 is 0.600 bits per heavy atom. The van der Waals surface area contributed by atoms with Gasteiger partial charge in [0.1, 0.15) is 0 Å². The zero-order valence-corrected chi connectivity index (χ0v) is 17.3. The number of nitrogens with one attached hydrogen (secondary N) is 2. The summed E-state index contributed by atoms with van der Waals surface area (Å²) in [5, 5.41) is 6.81. The molecule has 30 heavy (non-hydrogen) atoms. The van der Waals surface area contributed by atoms with Crippen LogP contribution in [0.15, 0.2) is 84.9 Å². The van der Waals surface area contributed by atoms with E-state index in [1.165, 1.54) is 12.2 Å². The maximum atomic E-state index is 12.3. The molecule has 0 heterocycles. The molecule has 4 nitrogen and oxygen atoms in total. The third-order valence-corrected chi connectivity index (χ3v) is 4.54. The highest BCUT2D eigenvalue weighted by atomic mass is 35.5. The van der Waals surface area contributed by atoms with Crippen molar-refractivity contribution >= 4 is 58.5 Å². The van der Waals surface area contributed by atoms with E-state index < -0.39 is 0 Å². The number of halogens is 2. The Labute approximate surface area is 184 Å². The lowest BCUT2D eigenvalue weighted by molar-refractivity contribution is -0.112. The number of hydrogen-bond donors (Lipinski definition) is 2. The first-order valence-electron chi connectivity index (χ1n) is 9.08. The van der Waals surface area contributed by atoms with Gasteiger partial charge >= 0.3 is 0 Å². The van der Waals surface area contributed by atoms with Crippen LogP contribution in [0.25, 0.3) is 12.2 Å². The average molecular weight is 437 g/mol. The quantitative estimate of drug-likeness (QED) is 0.445. The van der Waals surface area contributed by atoms with Gasteiger partial charge in [-0.3, -0.25) is 9.59 Å². The van der Waals surface area contributed by atoms with Crippen molar-refractivity contribution in [2.75, 3.05) is 10.6 Å². The average Bonchev–Trinajstić information content (AvgIpc) is 2.74. The summed E-state index contributed by atoms with van der Waals surface area (Å²) < 4.78 is 0. The number of hydrogen-bond acceptors (Lipinski definition) is 2. The van der Waals surface area contributed by atoms with Gasteiger partial charge in [-0.2, -0.15) is 0 Å². The lowest BCUT2D eigenvalue weighted by atomic mass is 10.2. The fraction of sp³-hybridized carbons (Fsp3) is 0. The van der Waals surface area contributed by atoms with Gasteiger partial charge in [-0.25, -0.2) is 0 Å². The van der Waals surface area contributed by atoms with E-state index in [1.54, 1.807) is 60.7 Å². The Hall–Kier alpha value is -3.34. The molecule has 150 valence electrons. The summed E-state index contributed by atoms with van der Waals surface area (Å²) in [6.07, 6.45) is 6.20. The minimum atomic E-state index is -0.316. The van der Waals surface area contributed by atoms with Crippen LogP contribution in [0.2, 0.25) is 10.0 Å². The summed E-state index contributed by atoms with van der Waals surface area (Å²) in [6, 6.07) is 21.2. The molecule has 2 N–H and O–H groups in total. The summed E-state index contributed by atoms with van der Waals surface area (Å²) in [6.45, 7) is 0. The first kappa shape index (κ1) is 21.4. The Bertz CT molecular complexity index is 1000. The van der Waals surface area contributed by atoms with Gasteiger partial charge in [-0.15, -0.1) is 0 Å². The highest BCUT2D eigenvalue weighted by molar-refractivity contribution is 6.30. The van der Waals surface area contributed by atoms with Crippen molar-refractivity contribution in [3.63, 3.8) is 0 Å². The monoisotopic (exact) mass is 436 g/mol. The van der Waals surface area contributed by atoms with Crippen molar-refractivity contribution in [1.29, 1.82) is 0 Å². The zero-order valence-electron chi connectivity index (χ0n) is 15.8. The molecule has 0 fully saturated rings. The molecule has 2 amide bonds. The van der Waals surface area contributed by atoms with Crippen LogP contribution in [0.3, 0.4) is 0 Å². The molecule has 0 aromatic heterocycles. The second-order valence-corrected chi connectivity index (χ2v) is 7.17. The standard InChI is InChI=1S/C24H18Cl2N2O2/c25-19-11-5-17(6-12-19)9-15-23(29)27-21-3-1-2-4-22(21)28-24(30)16-10-18-7-13-20(26)14-8-18/h1-16H,(H,27,29)(H,28,30). The molecule has 0 radical (unpaired) electrons. The first-order chi connectivity index (χ1) is 14.5. The van der Waals surface area contributed by atoms with Gasteiger partial charge in [0.25, 0.3) is 0 Å². The molecule has 0 bridgehead atoms. The van der Waals surface area contributed by atoms with Crippen LogP contribution in [0, 0.1) is 0 Å². The largest absolute Gasteiger partial charge is 0.321 e. The van der Waals surface area contributed by atoms with E-state index in [-0.39, 0.29) is 11.8 Å². The van der Waals surface area contributed by atoms with E-state index in [0.717, 1.165) is 11.1 Å². The molecule has 0 aliphatic rings. The summed E-state index contributed by atoms with van der Waals surface area (Å²) in [5.41, 5.74) is 2.69. The third kappa shape index (κ3) is 6.62. The fourth-order valence-corrected chi connectivity index (χ4v) is 2.79. The van der Waals surface area contributed by atoms with E-state index in [2.05, 4.69) is 10.6 Å². The van der Waals surface area contributed by atoms with E-state index in [1.807, 2.05) is 24.3 Å². The summed E-state index contributed by atoms with van der Waals surface area (Å²) in [5.74, 6) is -0.633. The zero-order chi connectivity index (χ0) is 21.3. The predicted molar refractivity (Wildman–Crippen MR) is 125 cm³/mol. The molecule has 0 saturated carbocycles. The van der Waals surface area contributed by atoms with Crippen molar-refractivity contribution in [3.8, 4) is 0 Å². The van der Waals surface area contributed by atoms with Gasteiger partial charge < -0.3 is 10.6 Å². The predicted octanol–water partition coefficient (Wildman–Crippen LogP) is 6.30. The Kier molecular flexibility index (Phi) is 7.44. The number of carbonyl (C=O) groups excluding carboxylic acids is 2. The van der Waals surface area contributed by atoms with E-state index in [0.29, 0.717) is 21.4 Å². The minimum Gasteiger partial charge on any atom is -0.321 e. The topological polar surface area (TPSA) is 58.2 Å². The second-order valence-electron chi connectivity index (χ2n) is 6.29. The van der Waals surface area contributed by atoms with Crippen molar-refractivity contribution in [2.24, 2.45) is 0 Å². The van der Waals surface area contributed by atoms with Gasteiger partial charge in [0.05, 0.1) is 11.4 Å².